The molecule has 5 nitrogen and oxygen atoms in total. The first-order valence-corrected chi connectivity index (χ1v) is 8.33. The van der Waals surface area contributed by atoms with E-state index >= 15 is 0 Å². The van der Waals surface area contributed by atoms with Crippen LogP contribution in [0.4, 0.5) is 0 Å². The van der Waals surface area contributed by atoms with Crippen LogP contribution in [0.3, 0.4) is 0 Å². The fraction of sp³-hybridized carbons (Fsp3) is 0.533. The first kappa shape index (κ1) is 14.4. The van der Waals surface area contributed by atoms with Crippen molar-refractivity contribution < 1.29 is 9.90 Å². The van der Waals surface area contributed by atoms with Crippen LogP contribution in [0.2, 0.25) is 0 Å². The Labute approximate surface area is 127 Å². The predicted octanol–water partition coefficient (Wildman–Crippen LogP) is 3.42. The maximum atomic E-state index is 10.9. The van der Waals surface area contributed by atoms with Crippen molar-refractivity contribution in [2.24, 2.45) is 0 Å². The van der Waals surface area contributed by atoms with Gasteiger partial charge in [0.15, 0.2) is 10.8 Å². The highest BCUT2D eigenvalue weighted by molar-refractivity contribution is 7.99. The topological polar surface area (TPSA) is 68.0 Å². The number of nitrogens with zero attached hydrogens (tertiary/aromatic N) is 3. The van der Waals surface area contributed by atoms with Gasteiger partial charge < -0.3 is 9.67 Å². The Bertz CT molecular complexity index is 662. The molecule has 21 heavy (non-hydrogen) atoms. The molecule has 0 unspecified atom stereocenters. The molecule has 0 radical (unpaired) electrons. The highest BCUT2D eigenvalue weighted by atomic mass is 32.2. The summed E-state index contributed by atoms with van der Waals surface area (Å²) in [5, 5.41) is 9.72. The molecule has 2 heterocycles. The summed E-state index contributed by atoms with van der Waals surface area (Å²) in [6.45, 7) is 2.02. The number of aromatic nitrogens is 3. The molecule has 0 aromatic carbocycles. The number of carboxylic acids is 1. The van der Waals surface area contributed by atoms with Gasteiger partial charge >= 0.3 is 5.97 Å². The van der Waals surface area contributed by atoms with Crippen molar-refractivity contribution in [1.82, 2.24) is 14.5 Å². The Balaban J connectivity index is 2.06. The molecule has 1 aliphatic rings. The second-order valence-electron chi connectivity index (χ2n) is 5.54. The van der Waals surface area contributed by atoms with E-state index in [4.69, 9.17) is 5.11 Å². The summed E-state index contributed by atoms with van der Waals surface area (Å²) in [6.07, 6.45) is 7.79. The van der Waals surface area contributed by atoms with Gasteiger partial charge in [-0.25, -0.2) is 9.97 Å². The number of aliphatic carboxylic acids is 1. The molecular weight excluding hydrogens is 286 g/mol. The maximum absolute atomic E-state index is 10.9. The molecule has 3 rings (SSSR count). The van der Waals surface area contributed by atoms with Crippen LogP contribution in [0.5, 0.6) is 0 Å². The molecule has 112 valence electrons. The highest BCUT2D eigenvalue weighted by Crippen LogP contribution is 2.35. The van der Waals surface area contributed by atoms with Crippen LogP contribution in [0.15, 0.2) is 17.4 Å². The third-order valence-corrected chi connectivity index (χ3v) is 4.95. The van der Waals surface area contributed by atoms with Crippen molar-refractivity contribution in [2.45, 2.75) is 50.2 Å². The Morgan fingerprint density at radius 1 is 1.43 bits per heavy atom. The molecule has 2 aromatic heterocycles. The molecule has 2 aromatic rings. The minimum atomic E-state index is -0.813. The fourth-order valence-electron chi connectivity index (χ4n) is 2.99. The maximum Gasteiger partial charge on any atom is 0.313 e. The Morgan fingerprint density at radius 3 is 2.90 bits per heavy atom. The van der Waals surface area contributed by atoms with Crippen molar-refractivity contribution in [1.29, 1.82) is 0 Å². The first-order valence-electron chi connectivity index (χ1n) is 7.35. The van der Waals surface area contributed by atoms with E-state index in [0.29, 0.717) is 6.04 Å². The summed E-state index contributed by atoms with van der Waals surface area (Å²) in [4.78, 5) is 20.0. The lowest BCUT2D eigenvalue weighted by Crippen LogP contribution is -2.14. The number of hydrogen-bond acceptors (Lipinski definition) is 4. The predicted molar refractivity (Wildman–Crippen MR) is 82.7 cm³/mol. The van der Waals surface area contributed by atoms with Gasteiger partial charge in [-0.1, -0.05) is 31.0 Å². The van der Waals surface area contributed by atoms with Crippen molar-refractivity contribution in [3.63, 3.8) is 0 Å². The Kier molecular flexibility index (Phi) is 4.14. The van der Waals surface area contributed by atoms with Gasteiger partial charge in [0.1, 0.15) is 5.52 Å². The average molecular weight is 305 g/mol. The van der Waals surface area contributed by atoms with Crippen molar-refractivity contribution in [3.8, 4) is 0 Å². The van der Waals surface area contributed by atoms with E-state index in [-0.39, 0.29) is 5.75 Å². The Hall–Kier alpha value is -1.56. The zero-order chi connectivity index (χ0) is 14.8. The number of carbonyl (C=O) groups is 1. The minimum absolute atomic E-state index is 0.0368. The molecule has 1 aliphatic carbocycles. The van der Waals surface area contributed by atoms with Crippen molar-refractivity contribution >= 4 is 28.9 Å². The molecule has 1 N–H and O–H groups in total. The van der Waals surface area contributed by atoms with E-state index in [1.165, 1.54) is 31.0 Å². The summed E-state index contributed by atoms with van der Waals surface area (Å²) in [6, 6.07) is 2.35. The molecular formula is C15H19N3O2S. The average Bonchev–Trinajstić information content (AvgIpc) is 2.86. The minimum Gasteiger partial charge on any atom is -0.481 e. The van der Waals surface area contributed by atoms with Crippen LogP contribution >= 0.6 is 11.8 Å². The van der Waals surface area contributed by atoms with Crippen molar-refractivity contribution in [3.05, 3.63) is 17.8 Å². The standard InChI is InChI=1S/C15H19N3O2S/c1-10-7-8-16-14-13(10)17-15(21-9-12(19)20)18(14)11-5-3-2-4-6-11/h7-8,11H,2-6,9H2,1H3,(H,19,20). The van der Waals surface area contributed by atoms with E-state index in [1.807, 2.05) is 19.2 Å². The lowest BCUT2D eigenvalue weighted by Gasteiger charge is -2.24. The number of carboxylic acid groups (broad SMARTS) is 1. The van der Waals surface area contributed by atoms with Crippen LogP contribution in [-0.4, -0.2) is 31.4 Å². The van der Waals surface area contributed by atoms with Crippen LogP contribution in [-0.2, 0) is 4.79 Å². The third-order valence-electron chi connectivity index (χ3n) is 4.01. The zero-order valence-corrected chi connectivity index (χ0v) is 12.9. The van der Waals surface area contributed by atoms with E-state index < -0.39 is 5.97 Å². The highest BCUT2D eigenvalue weighted by Gasteiger charge is 2.23. The molecule has 0 saturated heterocycles. The summed E-state index contributed by atoms with van der Waals surface area (Å²) < 4.78 is 2.18. The van der Waals surface area contributed by atoms with Gasteiger partial charge in [-0.3, -0.25) is 4.79 Å². The number of rotatable bonds is 4. The number of hydrogen-bond donors (Lipinski definition) is 1. The number of pyridine rings is 1. The van der Waals surface area contributed by atoms with Crippen LogP contribution in [0, 0.1) is 6.92 Å². The van der Waals surface area contributed by atoms with Gasteiger partial charge in [-0.15, -0.1) is 0 Å². The Morgan fingerprint density at radius 2 is 2.19 bits per heavy atom. The summed E-state index contributed by atoms with van der Waals surface area (Å²) in [7, 11) is 0. The van der Waals surface area contributed by atoms with Gasteiger partial charge in [0.2, 0.25) is 0 Å². The van der Waals surface area contributed by atoms with Gasteiger partial charge in [-0.05, 0) is 31.4 Å². The molecule has 6 heteroatoms. The molecule has 0 atom stereocenters. The van der Waals surface area contributed by atoms with E-state index in [2.05, 4.69) is 14.5 Å². The quantitative estimate of drug-likeness (QED) is 0.877. The summed E-state index contributed by atoms with van der Waals surface area (Å²) in [5.74, 6) is -0.776. The van der Waals surface area contributed by atoms with Gasteiger partial charge in [-0.2, -0.15) is 0 Å². The second-order valence-corrected chi connectivity index (χ2v) is 6.48. The van der Waals surface area contributed by atoms with E-state index in [1.54, 1.807) is 0 Å². The van der Waals surface area contributed by atoms with Gasteiger partial charge in [0, 0.05) is 12.2 Å². The normalized spacial score (nSPS) is 16.4. The first-order chi connectivity index (χ1) is 10.2. The monoisotopic (exact) mass is 305 g/mol. The molecule has 0 amide bonds. The summed E-state index contributed by atoms with van der Waals surface area (Å²) in [5.41, 5.74) is 2.89. The number of imidazole rings is 1. The molecule has 1 saturated carbocycles. The molecule has 1 fully saturated rings. The van der Waals surface area contributed by atoms with Crippen LogP contribution in [0.1, 0.15) is 43.7 Å². The van der Waals surface area contributed by atoms with E-state index in [0.717, 1.165) is 34.7 Å². The number of fused-ring (bicyclic) bond motifs is 1. The third kappa shape index (κ3) is 2.90. The van der Waals surface area contributed by atoms with Crippen molar-refractivity contribution in [2.75, 3.05) is 5.75 Å². The van der Waals surface area contributed by atoms with E-state index in [9.17, 15) is 4.79 Å². The lowest BCUT2D eigenvalue weighted by atomic mass is 9.95. The largest absolute Gasteiger partial charge is 0.481 e. The molecule has 0 aliphatic heterocycles. The number of thioether (sulfide) groups is 1. The number of aryl methyl sites for hydroxylation is 1. The SMILES string of the molecule is Cc1ccnc2c1nc(SCC(=O)O)n2C1CCCCC1. The molecule has 0 spiro atoms. The second kappa shape index (κ2) is 6.05. The lowest BCUT2D eigenvalue weighted by molar-refractivity contribution is -0.133. The van der Waals surface area contributed by atoms with Gasteiger partial charge in [0.25, 0.3) is 0 Å². The van der Waals surface area contributed by atoms with Crippen LogP contribution < -0.4 is 0 Å². The smallest absolute Gasteiger partial charge is 0.313 e. The zero-order valence-electron chi connectivity index (χ0n) is 12.1. The molecule has 0 bridgehead atoms. The fourth-order valence-corrected chi connectivity index (χ4v) is 3.77. The summed E-state index contributed by atoms with van der Waals surface area (Å²) >= 11 is 1.30. The van der Waals surface area contributed by atoms with Gasteiger partial charge in [0.05, 0.1) is 5.75 Å². The van der Waals surface area contributed by atoms with Crippen LogP contribution in [0.25, 0.3) is 11.2 Å².